The van der Waals surface area contributed by atoms with E-state index in [-0.39, 0.29) is 11.2 Å². The van der Waals surface area contributed by atoms with Crippen molar-refractivity contribution in [2.45, 2.75) is 25.7 Å². The van der Waals surface area contributed by atoms with Crippen molar-refractivity contribution < 1.29 is 22.7 Å². The Balaban J connectivity index is 1.81. The van der Waals surface area contributed by atoms with Crippen LogP contribution in [0.25, 0.3) is 10.9 Å². The molecule has 0 aliphatic rings. The van der Waals surface area contributed by atoms with E-state index in [2.05, 4.69) is 15.0 Å². The highest BCUT2D eigenvalue weighted by Gasteiger charge is 2.31. The van der Waals surface area contributed by atoms with Crippen LogP contribution in [0.4, 0.5) is 18.9 Å². The molecule has 1 amide bonds. The molecule has 0 spiro atoms. The fourth-order valence-electron chi connectivity index (χ4n) is 2.78. The number of fused-ring (bicyclic) bond motifs is 1. The van der Waals surface area contributed by atoms with Gasteiger partial charge in [-0.2, -0.15) is 0 Å². The minimum Gasteiger partial charge on any atom is -0.406 e. The van der Waals surface area contributed by atoms with Crippen molar-refractivity contribution in [1.29, 1.82) is 0 Å². The number of ether oxygens (including phenoxy) is 1. The zero-order chi connectivity index (χ0) is 20.3. The molecular weight excluding hydrogens is 375 g/mol. The van der Waals surface area contributed by atoms with Crippen LogP contribution in [0.2, 0.25) is 0 Å². The molecule has 9 heteroatoms. The molecule has 1 atom stereocenters. The minimum atomic E-state index is -4.79. The molecular formula is C19H16F3N3O3. The Morgan fingerprint density at radius 3 is 2.50 bits per heavy atom. The first-order valence-electron chi connectivity index (χ1n) is 8.41. The predicted octanol–water partition coefficient (Wildman–Crippen LogP) is 3.88. The predicted molar refractivity (Wildman–Crippen MR) is 97.1 cm³/mol. The second-order valence-electron chi connectivity index (χ2n) is 5.96. The van der Waals surface area contributed by atoms with Gasteiger partial charge in [0.2, 0.25) is 5.91 Å². The Kier molecular flexibility index (Phi) is 5.34. The molecule has 1 aromatic heterocycles. The average molecular weight is 391 g/mol. The van der Waals surface area contributed by atoms with Crippen molar-refractivity contribution in [2.75, 3.05) is 5.32 Å². The first-order valence-corrected chi connectivity index (χ1v) is 8.41. The monoisotopic (exact) mass is 391 g/mol. The number of halogens is 3. The smallest absolute Gasteiger partial charge is 0.406 e. The number of hydrogen-bond donors (Lipinski definition) is 1. The summed E-state index contributed by atoms with van der Waals surface area (Å²) in [4.78, 5) is 29.5. The largest absolute Gasteiger partial charge is 0.573 e. The van der Waals surface area contributed by atoms with Crippen LogP contribution in [0.3, 0.4) is 0 Å². The van der Waals surface area contributed by atoms with Gasteiger partial charge in [0, 0.05) is 5.69 Å². The Morgan fingerprint density at radius 2 is 1.86 bits per heavy atom. The third kappa shape index (κ3) is 4.30. The van der Waals surface area contributed by atoms with Crippen LogP contribution in [0.5, 0.6) is 5.75 Å². The van der Waals surface area contributed by atoms with Crippen LogP contribution >= 0.6 is 0 Å². The Labute approximate surface area is 157 Å². The van der Waals surface area contributed by atoms with Gasteiger partial charge in [0.15, 0.2) is 0 Å². The summed E-state index contributed by atoms with van der Waals surface area (Å²) in [6.45, 7) is 1.74. The van der Waals surface area contributed by atoms with Gasteiger partial charge in [-0.15, -0.1) is 13.2 Å². The quantitative estimate of drug-likeness (QED) is 0.716. The fourth-order valence-corrected chi connectivity index (χ4v) is 2.78. The molecule has 1 heterocycles. The average Bonchev–Trinajstić information content (AvgIpc) is 2.65. The molecule has 0 unspecified atom stereocenters. The van der Waals surface area contributed by atoms with Crippen LogP contribution in [0, 0.1) is 0 Å². The second-order valence-corrected chi connectivity index (χ2v) is 5.96. The van der Waals surface area contributed by atoms with Crippen molar-refractivity contribution in [2.24, 2.45) is 0 Å². The maximum absolute atomic E-state index is 12.7. The first-order chi connectivity index (χ1) is 13.3. The Hall–Kier alpha value is -3.36. The van der Waals surface area contributed by atoms with Crippen molar-refractivity contribution in [1.82, 2.24) is 9.55 Å². The molecule has 0 aliphatic carbocycles. The molecule has 0 aliphatic heterocycles. The van der Waals surface area contributed by atoms with E-state index in [1.54, 1.807) is 31.2 Å². The van der Waals surface area contributed by atoms with Gasteiger partial charge in [-0.25, -0.2) is 4.98 Å². The van der Waals surface area contributed by atoms with E-state index < -0.39 is 24.1 Å². The summed E-state index contributed by atoms with van der Waals surface area (Å²) in [5, 5.41) is 2.99. The van der Waals surface area contributed by atoms with Crippen LogP contribution in [-0.4, -0.2) is 21.8 Å². The number of anilines is 1. The SMILES string of the molecule is CC[C@H](C(=O)Nc1ccc(OC(F)(F)F)cc1)n1cnc2ccccc2c1=O. The van der Waals surface area contributed by atoms with E-state index in [9.17, 15) is 22.8 Å². The molecule has 0 bridgehead atoms. The topological polar surface area (TPSA) is 73.2 Å². The minimum absolute atomic E-state index is 0.278. The zero-order valence-corrected chi connectivity index (χ0v) is 14.7. The van der Waals surface area contributed by atoms with Crippen LogP contribution < -0.4 is 15.6 Å². The van der Waals surface area contributed by atoms with Crippen molar-refractivity contribution >= 4 is 22.5 Å². The Bertz CT molecular complexity index is 1050. The zero-order valence-electron chi connectivity index (χ0n) is 14.7. The van der Waals surface area contributed by atoms with E-state index in [1.807, 2.05) is 0 Å². The molecule has 3 aromatic rings. The normalized spacial score (nSPS) is 12.6. The molecule has 0 radical (unpaired) electrons. The van der Waals surface area contributed by atoms with Gasteiger partial charge in [-0.1, -0.05) is 19.1 Å². The lowest BCUT2D eigenvalue weighted by Gasteiger charge is -2.18. The number of aromatic nitrogens is 2. The van der Waals surface area contributed by atoms with Crippen molar-refractivity contribution in [3.05, 3.63) is 65.2 Å². The number of carbonyl (C=O) groups is 1. The van der Waals surface area contributed by atoms with Gasteiger partial charge in [-0.3, -0.25) is 14.2 Å². The number of hydrogen-bond acceptors (Lipinski definition) is 4. The number of nitrogens with one attached hydrogen (secondary N) is 1. The lowest BCUT2D eigenvalue weighted by atomic mass is 10.1. The molecule has 1 N–H and O–H groups in total. The second kappa shape index (κ2) is 7.71. The van der Waals surface area contributed by atoms with E-state index in [1.165, 1.54) is 23.0 Å². The number of alkyl halides is 3. The van der Waals surface area contributed by atoms with Gasteiger partial charge < -0.3 is 10.1 Å². The van der Waals surface area contributed by atoms with Crippen LogP contribution in [-0.2, 0) is 4.79 Å². The molecule has 0 saturated carbocycles. The van der Waals surface area contributed by atoms with Gasteiger partial charge in [0.05, 0.1) is 17.2 Å². The van der Waals surface area contributed by atoms with Crippen molar-refractivity contribution in [3.8, 4) is 5.75 Å². The summed E-state index contributed by atoms with van der Waals surface area (Å²) < 4.78 is 41.7. The third-order valence-corrected chi connectivity index (χ3v) is 4.07. The summed E-state index contributed by atoms with van der Waals surface area (Å²) in [6.07, 6.45) is -3.15. The summed E-state index contributed by atoms with van der Waals surface area (Å²) in [5.74, 6) is -0.876. The number of benzene rings is 2. The molecule has 3 rings (SSSR count). The summed E-state index contributed by atoms with van der Waals surface area (Å²) in [6, 6.07) is 10.7. The van der Waals surface area contributed by atoms with E-state index in [0.717, 1.165) is 12.1 Å². The number of carbonyl (C=O) groups excluding carboxylic acids is 1. The van der Waals surface area contributed by atoms with E-state index in [4.69, 9.17) is 0 Å². The number of nitrogens with zero attached hydrogens (tertiary/aromatic N) is 2. The highest BCUT2D eigenvalue weighted by Crippen LogP contribution is 2.24. The van der Waals surface area contributed by atoms with E-state index in [0.29, 0.717) is 17.3 Å². The van der Waals surface area contributed by atoms with Gasteiger partial charge >= 0.3 is 6.36 Å². The lowest BCUT2D eigenvalue weighted by Crippen LogP contribution is -2.33. The summed E-state index contributed by atoms with van der Waals surface area (Å²) in [5.41, 5.74) is 0.459. The maximum atomic E-state index is 12.7. The molecule has 0 saturated heterocycles. The molecule has 6 nitrogen and oxygen atoms in total. The molecule has 28 heavy (non-hydrogen) atoms. The number of rotatable bonds is 5. The van der Waals surface area contributed by atoms with Gasteiger partial charge in [0.25, 0.3) is 5.56 Å². The van der Waals surface area contributed by atoms with Gasteiger partial charge in [-0.05, 0) is 42.8 Å². The van der Waals surface area contributed by atoms with Crippen molar-refractivity contribution in [3.63, 3.8) is 0 Å². The summed E-state index contributed by atoms with van der Waals surface area (Å²) >= 11 is 0. The number of para-hydroxylation sites is 1. The molecule has 146 valence electrons. The highest BCUT2D eigenvalue weighted by molar-refractivity contribution is 5.94. The fraction of sp³-hybridized carbons (Fsp3) is 0.211. The molecule has 0 fully saturated rings. The van der Waals surface area contributed by atoms with E-state index >= 15 is 0 Å². The Morgan fingerprint density at radius 1 is 1.18 bits per heavy atom. The van der Waals surface area contributed by atoms with Gasteiger partial charge in [0.1, 0.15) is 11.8 Å². The molecule has 2 aromatic carbocycles. The van der Waals surface area contributed by atoms with Crippen LogP contribution in [0.15, 0.2) is 59.7 Å². The third-order valence-electron chi connectivity index (χ3n) is 4.07. The maximum Gasteiger partial charge on any atom is 0.573 e. The van der Waals surface area contributed by atoms with Crippen LogP contribution in [0.1, 0.15) is 19.4 Å². The highest BCUT2D eigenvalue weighted by atomic mass is 19.4. The summed E-state index contributed by atoms with van der Waals surface area (Å²) in [7, 11) is 0. The standard InChI is InChI=1S/C19H16F3N3O3/c1-2-16(25-11-23-15-6-4-3-5-14(15)18(25)27)17(26)24-12-7-9-13(10-8-12)28-19(20,21)22/h3-11,16H,2H2,1H3,(H,24,26)/t16-/m1/s1. The first kappa shape index (κ1) is 19.4. The number of amides is 1. The lowest BCUT2D eigenvalue weighted by molar-refractivity contribution is -0.274.